The van der Waals surface area contributed by atoms with E-state index in [9.17, 15) is 4.79 Å². The second-order valence-corrected chi connectivity index (χ2v) is 7.01. The zero-order valence-corrected chi connectivity index (χ0v) is 11.9. The Morgan fingerprint density at radius 1 is 1.00 bits per heavy atom. The molecule has 3 rings (SSSR count). The fourth-order valence-corrected chi connectivity index (χ4v) is 5.39. The minimum absolute atomic E-state index is 0.449. The number of hydrogen-bond donors (Lipinski definition) is 0. The van der Waals surface area contributed by atoms with E-state index in [1.165, 1.54) is 57.8 Å². The van der Waals surface area contributed by atoms with Crippen molar-refractivity contribution in [2.45, 2.75) is 71.1 Å². The van der Waals surface area contributed by atoms with Crippen molar-refractivity contribution in [2.24, 2.45) is 29.6 Å². The lowest BCUT2D eigenvalue weighted by molar-refractivity contribution is -0.131. The molecule has 3 aliphatic rings. The summed E-state index contributed by atoms with van der Waals surface area (Å²) < 4.78 is 0. The van der Waals surface area contributed by atoms with E-state index in [-0.39, 0.29) is 0 Å². The molecule has 0 aliphatic heterocycles. The monoisotopic (exact) mass is 248 g/mol. The van der Waals surface area contributed by atoms with Gasteiger partial charge in [0, 0.05) is 12.3 Å². The van der Waals surface area contributed by atoms with Crippen LogP contribution in [0.1, 0.15) is 71.1 Å². The van der Waals surface area contributed by atoms with Crippen LogP contribution in [-0.4, -0.2) is 5.78 Å². The number of carbonyl (C=O) groups excluding carboxylic acids is 1. The molecule has 0 aromatic carbocycles. The largest absolute Gasteiger partial charge is 0.299 e. The number of rotatable bonds is 3. The molecule has 0 spiro atoms. The minimum atomic E-state index is 0.449. The number of unbranched alkanes of at least 4 members (excludes halogenated alkanes) is 1. The molecule has 102 valence electrons. The molecule has 18 heavy (non-hydrogen) atoms. The second kappa shape index (κ2) is 5.35. The summed E-state index contributed by atoms with van der Waals surface area (Å²) in [5.74, 6) is 4.79. The van der Waals surface area contributed by atoms with E-state index in [4.69, 9.17) is 0 Å². The van der Waals surface area contributed by atoms with Crippen molar-refractivity contribution in [1.29, 1.82) is 0 Å². The standard InChI is InChI=1S/C17H28O/c1-2-3-6-16-15-9-8-12-5-4-7-13(12)14(15)10-11-17(16)18/h12-16H,2-11H2,1H3/t12-,13+,14-,15-,16?/m0/s1. The van der Waals surface area contributed by atoms with E-state index in [0.717, 1.165) is 30.1 Å². The Morgan fingerprint density at radius 3 is 2.72 bits per heavy atom. The summed E-state index contributed by atoms with van der Waals surface area (Å²) in [5, 5.41) is 0. The zero-order valence-electron chi connectivity index (χ0n) is 11.9. The number of ketones is 1. The summed E-state index contributed by atoms with van der Waals surface area (Å²) in [7, 11) is 0. The van der Waals surface area contributed by atoms with Gasteiger partial charge in [-0.2, -0.15) is 0 Å². The van der Waals surface area contributed by atoms with Crippen molar-refractivity contribution in [3.8, 4) is 0 Å². The maximum Gasteiger partial charge on any atom is 0.136 e. The fourth-order valence-electron chi connectivity index (χ4n) is 5.39. The molecule has 3 saturated carbocycles. The van der Waals surface area contributed by atoms with Crippen molar-refractivity contribution in [3.05, 3.63) is 0 Å². The molecule has 0 aromatic heterocycles. The van der Waals surface area contributed by atoms with E-state index in [0.29, 0.717) is 11.7 Å². The molecule has 0 saturated heterocycles. The van der Waals surface area contributed by atoms with Crippen molar-refractivity contribution in [2.75, 3.05) is 0 Å². The Balaban J connectivity index is 1.73. The lowest BCUT2D eigenvalue weighted by Gasteiger charge is -2.46. The molecule has 3 fully saturated rings. The number of fused-ring (bicyclic) bond motifs is 3. The number of carbonyl (C=O) groups is 1. The van der Waals surface area contributed by atoms with E-state index in [1.54, 1.807) is 0 Å². The third-order valence-electron chi connectivity index (χ3n) is 6.21. The van der Waals surface area contributed by atoms with Gasteiger partial charge < -0.3 is 0 Å². The van der Waals surface area contributed by atoms with Gasteiger partial charge >= 0.3 is 0 Å². The van der Waals surface area contributed by atoms with Crippen LogP contribution >= 0.6 is 0 Å². The first-order valence-corrected chi connectivity index (χ1v) is 8.34. The Morgan fingerprint density at radius 2 is 1.89 bits per heavy atom. The molecule has 1 heteroatoms. The summed E-state index contributed by atoms with van der Waals surface area (Å²) in [6.45, 7) is 2.25. The summed E-state index contributed by atoms with van der Waals surface area (Å²) in [4.78, 5) is 12.2. The van der Waals surface area contributed by atoms with E-state index < -0.39 is 0 Å². The second-order valence-electron chi connectivity index (χ2n) is 7.01. The molecule has 1 nitrogen and oxygen atoms in total. The maximum absolute atomic E-state index is 12.2. The Labute approximate surface area is 112 Å². The Hall–Kier alpha value is -0.330. The normalized spacial score (nSPS) is 43.6. The lowest BCUT2D eigenvalue weighted by Crippen LogP contribution is -2.42. The van der Waals surface area contributed by atoms with Gasteiger partial charge in [-0.3, -0.25) is 4.79 Å². The van der Waals surface area contributed by atoms with Crippen LogP contribution < -0.4 is 0 Å². The molecule has 0 N–H and O–H groups in total. The number of hydrogen-bond acceptors (Lipinski definition) is 1. The molecule has 0 amide bonds. The average molecular weight is 248 g/mol. The van der Waals surface area contributed by atoms with Crippen molar-refractivity contribution in [3.63, 3.8) is 0 Å². The van der Waals surface area contributed by atoms with Crippen LogP contribution in [0.5, 0.6) is 0 Å². The summed E-state index contributed by atoms with van der Waals surface area (Å²) in [6, 6.07) is 0. The van der Waals surface area contributed by atoms with Crippen LogP contribution in [0, 0.1) is 29.6 Å². The van der Waals surface area contributed by atoms with Gasteiger partial charge in [0.2, 0.25) is 0 Å². The molecule has 1 unspecified atom stereocenters. The van der Waals surface area contributed by atoms with Crippen LogP contribution in [0.2, 0.25) is 0 Å². The first-order chi connectivity index (χ1) is 8.81. The molecule has 0 bridgehead atoms. The van der Waals surface area contributed by atoms with Gasteiger partial charge in [0.05, 0.1) is 0 Å². The fraction of sp³-hybridized carbons (Fsp3) is 0.941. The van der Waals surface area contributed by atoms with Crippen molar-refractivity contribution >= 4 is 5.78 Å². The smallest absolute Gasteiger partial charge is 0.136 e. The van der Waals surface area contributed by atoms with Crippen LogP contribution in [0.15, 0.2) is 0 Å². The maximum atomic E-state index is 12.2. The molecule has 0 radical (unpaired) electrons. The van der Waals surface area contributed by atoms with Gasteiger partial charge in [-0.1, -0.05) is 32.6 Å². The molecule has 5 atom stereocenters. The van der Waals surface area contributed by atoms with Gasteiger partial charge in [0.15, 0.2) is 0 Å². The van der Waals surface area contributed by atoms with Crippen LogP contribution in [-0.2, 0) is 4.79 Å². The van der Waals surface area contributed by atoms with Gasteiger partial charge in [0.1, 0.15) is 5.78 Å². The van der Waals surface area contributed by atoms with Crippen LogP contribution in [0.25, 0.3) is 0 Å². The van der Waals surface area contributed by atoms with Gasteiger partial charge in [-0.05, 0) is 55.8 Å². The van der Waals surface area contributed by atoms with Crippen molar-refractivity contribution < 1.29 is 4.79 Å². The quantitative estimate of drug-likeness (QED) is 0.713. The lowest BCUT2D eigenvalue weighted by atomic mass is 9.58. The highest BCUT2D eigenvalue weighted by molar-refractivity contribution is 5.82. The highest BCUT2D eigenvalue weighted by atomic mass is 16.1. The highest BCUT2D eigenvalue weighted by Gasteiger charge is 2.47. The highest BCUT2D eigenvalue weighted by Crippen LogP contribution is 2.54. The molecular weight excluding hydrogens is 220 g/mol. The van der Waals surface area contributed by atoms with Crippen LogP contribution in [0.4, 0.5) is 0 Å². The van der Waals surface area contributed by atoms with Gasteiger partial charge in [0.25, 0.3) is 0 Å². The third kappa shape index (κ3) is 2.14. The van der Waals surface area contributed by atoms with E-state index in [2.05, 4.69) is 6.92 Å². The predicted molar refractivity (Wildman–Crippen MR) is 74.3 cm³/mol. The molecular formula is C17H28O. The predicted octanol–water partition coefficient (Wildman–Crippen LogP) is 4.60. The number of Topliss-reactive ketones (excluding diaryl/α,β-unsaturated/α-hetero) is 1. The summed E-state index contributed by atoms with van der Waals surface area (Å²) in [6.07, 6.45) is 13.0. The van der Waals surface area contributed by atoms with E-state index in [1.807, 2.05) is 0 Å². The topological polar surface area (TPSA) is 17.1 Å². The minimum Gasteiger partial charge on any atom is -0.299 e. The van der Waals surface area contributed by atoms with Crippen molar-refractivity contribution in [1.82, 2.24) is 0 Å². The molecule has 3 aliphatic carbocycles. The first-order valence-electron chi connectivity index (χ1n) is 8.34. The molecule has 0 heterocycles. The average Bonchev–Trinajstić information content (AvgIpc) is 2.85. The van der Waals surface area contributed by atoms with Gasteiger partial charge in [-0.15, -0.1) is 0 Å². The van der Waals surface area contributed by atoms with E-state index >= 15 is 0 Å². The zero-order chi connectivity index (χ0) is 12.5. The first kappa shape index (κ1) is 12.7. The summed E-state index contributed by atoms with van der Waals surface area (Å²) in [5.41, 5.74) is 0. The Bertz CT molecular complexity index is 309. The SMILES string of the molecule is CCCCC1C(=O)CC[C@H]2[C@@H]3CCC[C@H]3CC[C@H]12. The molecule has 0 aromatic rings. The summed E-state index contributed by atoms with van der Waals surface area (Å²) >= 11 is 0. The van der Waals surface area contributed by atoms with Crippen LogP contribution in [0.3, 0.4) is 0 Å². The van der Waals surface area contributed by atoms with Gasteiger partial charge in [-0.25, -0.2) is 0 Å². The third-order valence-corrected chi connectivity index (χ3v) is 6.21. The Kier molecular flexibility index (Phi) is 3.77.